The zero-order valence-electron chi connectivity index (χ0n) is 18.7. The number of amides is 4. The zero-order valence-corrected chi connectivity index (χ0v) is 18.7. The van der Waals surface area contributed by atoms with E-state index in [0.717, 1.165) is 49.4 Å². The van der Waals surface area contributed by atoms with E-state index >= 15 is 0 Å². The first-order chi connectivity index (χ1) is 15.9. The molecule has 1 aliphatic heterocycles. The van der Waals surface area contributed by atoms with E-state index in [1.54, 1.807) is 12.1 Å². The monoisotopic (exact) mass is 452 g/mol. The van der Waals surface area contributed by atoms with Crippen LogP contribution in [0.5, 0.6) is 0 Å². The maximum Gasteiger partial charge on any atom is 0.344 e. The van der Waals surface area contributed by atoms with Crippen LogP contribution in [0.3, 0.4) is 0 Å². The normalized spacial score (nSPS) is 24.6. The number of nitrogens with one attached hydrogen (secondary N) is 3. The number of carbonyl (C=O) groups excluding carboxylic acids is 4. The van der Waals surface area contributed by atoms with E-state index in [9.17, 15) is 19.2 Å². The molecular formula is C24H28N4O5. The van der Waals surface area contributed by atoms with Gasteiger partial charge in [0, 0.05) is 16.6 Å². The average Bonchev–Trinajstić information content (AvgIpc) is 3.29. The lowest BCUT2D eigenvalue weighted by molar-refractivity contribution is -0.141. The molecule has 2 aromatic rings. The quantitative estimate of drug-likeness (QED) is 0.487. The fourth-order valence-electron chi connectivity index (χ4n) is 5.22. The van der Waals surface area contributed by atoms with Gasteiger partial charge in [-0.05, 0) is 81.0 Å². The third kappa shape index (κ3) is 3.85. The van der Waals surface area contributed by atoms with Crippen LogP contribution in [0.2, 0.25) is 0 Å². The fourth-order valence-corrected chi connectivity index (χ4v) is 5.22. The van der Waals surface area contributed by atoms with E-state index in [1.165, 1.54) is 11.3 Å². The summed E-state index contributed by atoms with van der Waals surface area (Å²) in [6, 6.07) is 4.65. The Labute approximate surface area is 191 Å². The lowest BCUT2D eigenvalue weighted by Crippen LogP contribution is -2.52. The van der Waals surface area contributed by atoms with Crippen LogP contribution in [-0.2, 0) is 27.2 Å². The highest BCUT2D eigenvalue weighted by Crippen LogP contribution is 2.35. The van der Waals surface area contributed by atoms with Crippen LogP contribution in [0.4, 0.5) is 4.79 Å². The molecule has 0 bridgehead atoms. The van der Waals surface area contributed by atoms with Crippen LogP contribution in [0.25, 0.3) is 10.9 Å². The van der Waals surface area contributed by atoms with Gasteiger partial charge < -0.3 is 15.0 Å². The number of nitrogens with zero attached hydrogens (tertiary/aromatic N) is 1. The summed E-state index contributed by atoms with van der Waals surface area (Å²) in [5.74, 6) is -1.33. The molecule has 0 radical (unpaired) electrons. The minimum atomic E-state index is -0.946. The number of carbonyl (C=O) groups is 4. The van der Waals surface area contributed by atoms with Crippen molar-refractivity contribution in [3.05, 3.63) is 35.0 Å². The molecule has 2 heterocycles. The van der Waals surface area contributed by atoms with E-state index in [-0.39, 0.29) is 0 Å². The van der Waals surface area contributed by atoms with Gasteiger partial charge in [-0.1, -0.05) is 6.92 Å². The van der Waals surface area contributed by atoms with Crippen molar-refractivity contribution in [1.29, 1.82) is 0 Å². The van der Waals surface area contributed by atoms with E-state index in [4.69, 9.17) is 4.74 Å². The Kier molecular flexibility index (Phi) is 5.34. The number of hydrazine groups is 1. The third-order valence-corrected chi connectivity index (χ3v) is 7.19. The van der Waals surface area contributed by atoms with Gasteiger partial charge in [0.1, 0.15) is 5.54 Å². The van der Waals surface area contributed by atoms with E-state index in [2.05, 4.69) is 22.7 Å². The number of ether oxygens (including phenoxy) is 1. The number of aryl methyl sites for hydroxylation is 2. The second kappa shape index (κ2) is 8.20. The molecule has 1 aromatic carbocycles. The summed E-state index contributed by atoms with van der Waals surface area (Å²) in [6.07, 6.45) is 7.02. The summed E-state index contributed by atoms with van der Waals surface area (Å²) in [5.41, 5.74) is 5.15. The molecule has 1 aromatic heterocycles. The minimum Gasteiger partial charge on any atom is -0.452 e. The Balaban J connectivity index is 1.20. The fraction of sp³-hybridized carbons (Fsp3) is 0.500. The Morgan fingerprint density at radius 3 is 2.73 bits per heavy atom. The van der Waals surface area contributed by atoms with Crippen molar-refractivity contribution in [3.63, 3.8) is 0 Å². The van der Waals surface area contributed by atoms with E-state index < -0.39 is 36.0 Å². The molecule has 1 spiro atoms. The van der Waals surface area contributed by atoms with Crippen LogP contribution in [0, 0.1) is 5.92 Å². The highest BCUT2D eigenvalue weighted by molar-refractivity contribution is 6.08. The second-order valence-corrected chi connectivity index (χ2v) is 9.50. The van der Waals surface area contributed by atoms with Crippen molar-refractivity contribution in [2.24, 2.45) is 5.92 Å². The molecule has 4 amide bonds. The molecule has 9 heteroatoms. The Morgan fingerprint density at radius 2 is 1.94 bits per heavy atom. The zero-order chi connectivity index (χ0) is 23.2. The topological polar surface area (TPSA) is 121 Å². The van der Waals surface area contributed by atoms with Crippen molar-refractivity contribution in [2.45, 2.75) is 63.8 Å². The smallest absolute Gasteiger partial charge is 0.344 e. The molecule has 2 fully saturated rings. The number of fused-ring (bicyclic) bond motifs is 3. The number of benzene rings is 1. The number of imide groups is 1. The Morgan fingerprint density at radius 1 is 1.18 bits per heavy atom. The summed E-state index contributed by atoms with van der Waals surface area (Å²) in [4.78, 5) is 53.5. The number of hydrogen-bond donors (Lipinski definition) is 3. The first-order valence-electron chi connectivity index (χ1n) is 11.6. The largest absolute Gasteiger partial charge is 0.452 e. The molecule has 0 unspecified atom stereocenters. The van der Waals surface area contributed by atoms with E-state index in [0.29, 0.717) is 29.3 Å². The van der Waals surface area contributed by atoms with Crippen molar-refractivity contribution in [3.8, 4) is 0 Å². The predicted molar refractivity (Wildman–Crippen MR) is 119 cm³/mol. The molecule has 3 aliphatic rings. The summed E-state index contributed by atoms with van der Waals surface area (Å²) in [6.45, 7) is 1.52. The second-order valence-electron chi connectivity index (χ2n) is 9.50. The Hall–Kier alpha value is -3.36. The highest BCUT2D eigenvalue weighted by Gasteiger charge is 2.52. The number of esters is 1. The molecule has 174 valence electrons. The van der Waals surface area contributed by atoms with Crippen LogP contribution in [0.15, 0.2) is 18.2 Å². The van der Waals surface area contributed by atoms with Gasteiger partial charge in [0.05, 0.1) is 5.56 Å². The highest BCUT2D eigenvalue weighted by atomic mass is 16.5. The van der Waals surface area contributed by atoms with Crippen LogP contribution in [-0.4, -0.2) is 46.0 Å². The Bertz CT molecular complexity index is 1150. The van der Waals surface area contributed by atoms with Crippen molar-refractivity contribution in [2.75, 3.05) is 6.61 Å². The molecule has 5 rings (SSSR count). The number of hydrogen-bond acceptors (Lipinski definition) is 5. The first kappa shape index (κ1) is 21.5. The van der Waals surface area contributed by atoms with Gasteiger partial charge in [0.15, 0.2) is 6.61 Å². The van der Waals surface area contributed by atoms with Crippen LogP contribution < -0.4 is 10.7 Å². The van der Waals surface area contributed by atoms with Crippen molar-refractivity contribution < 1.29 is 23.9 Å². The van der Waals surface area contributed by atoms with Crippen LogP contribution >= 0.6 is 0 Å². The summed E-state index contributed by atoms with van der Waals surface area (Å²) >= 11 is 0. The molecular weight excluding hydrogens is 424 g/mol. The predicted octanol–water partition coefficient (Wildman–Crippen LogP) is 2.74. The van der Waals surface area contributed by atoms with Crippen molar-refractivity contribution >= 4 is 34.7 Å². The maximum atomic E-state index is 12.8. The van der Waals surface area contributed by atoms with Crippen molar-refractivity contribution in [1.82, 2.24) is 20.7 Å². The van der Waals surface area contributed by atoms with Gasteiger partial charge in [0.25, 0.3) is 11.8 Å². The number of H-pyrrole nitrogens is 1. The van der Waals surface area contributed by atoms with Crippen LogP contribution in [0.1, 0.15) is 67.1 Å². The van der Waals surface area contributed by atoms with Gasteiger partial charge in [-0.2, -0.15) is 5.01 Å². The average molecular weight is 453 g/mol. The molecule has 33 heavy (non-hydrogen) atoms. The number of rotatable bonds is 4. The molecule has 1 saturated carbocycles. The molecule has 3 N–H and O–H groups in total. The molecule has 1 saturated heterocycles. The lowest BCUT2D eigenvalue weighted by atomic mass is 9.77. The number of urea groups is 1. The van der Waals surface area contributed by atoms with E-state index in [1.807, 2.05) is 6.07 Å². The maximum absolute atomic E-state index is 12.8. The summed E-state index contributed by atoms with van der Waals surface area (Å²) in [7, 11) is 0. The standard InChI is InChI=1S/C24H28N4O5/c1-14-8-10-24(11-9-14)22(31)28(23(32)26-24)27-20(29)13-33-21(30)15-6-7-19-17(12-15)16-4-2-3-5-18(16)25-19/h6-7,12,14,25H,2-5,8-11,13H2,1H3,(H,26,32)(H,27,29). The lowest BCUT2D eigenvalue weighted by Gasteiger charge is -2.33. The third-order valence-electron chi connectivity index (χ3n) is 7.19. The number of aromatic nitrogens is 1. The SMILES string of the molecule is CC1CCC2(CC1)NC(=O)N(NC(=O)COC(=O)c1ccc3[nH]c4c(c3c1)CCCC4)C2=O. The number of aromatic amines is 1. The first-order valence-corrected chi connectivity index (χ1v) is 11.6. The van der Waals surface area contributed by atoms with Gasteiger partial charge in [-0.3, -0.25) is 15.0 Å². The molecule has 0 atom stereocenters. The molecule has 2 aliphatic carbocycles. The summed E-state index contributed by atoms with van der Waals surface area (Å²) < 4.78 is 5.16. The van der Waals surface area contributed by atoms with Gasteiger partial charge >= 0.3 is 12.0 Å². The minimum absolute atomic E-state index is 0.355. The van der Waals surface area contributed by atoms with Gasteiger partial charge in [0.2, 0.25) is 0 Å². The molecule has 9 nitrogen and oxygen atoms in total. The summed E-state index contributed by atoms with van der Waals surface area (Å²) in [5, 5.41) is 4.46. The van der Waals surface area contributed by atoms with Gasteiger partial charge in [-0.25, -0.2) is 9.59 Å². The van der Waals surface area contributed by atoms with Gasteiger partial charge in [-0.15, -0.1) is 0 Å².